The van der Waals surface area contributed by atoms with Crippen LogP contribution in [-0.2, 0) is 9.71 Å². The second kappa shape index (κ2) is 10.1. The monoisotopic (exact) mass is 542 g/mol. The van der Waals surface area contributed by atoms with E-state index in [-0.39, 0.29) is 5.69 Å². The van der Waals surface area contributed by atoms with Crippen LogP contribution in [0.25, 0.3) is 27.8 Å². The van der Waals surface area contributed by atoms with Gasteiger partial charge in [-0.2, -0.15) is 5.10 Å². The fraction of sp³-hybridized carbons (Fsp3) is 0.367. The number of nitrogens with zero attached hydrogens (tertiary/aromatic N) is 5. The summed E-state index contributed by atoms with van der Waals surface area (Å²) in [7, 11) is -2.77. The van der Waals surface area contributed by atoms with Gasteiger partial charge in [0.2, 0.25) is 0 Å². The molecule has 2 fully saturated rings. The first-order valence-corrected chi connectivity index (χ1v) is 15.7. The quantitative estimate of drug-likeness (QED) is 0.346. The SMILES string of the molecule is C=S(C)(=O)NC(=O)c1cc(-c2ccc(N3CCC(C)CC3)nc2)c2c(C3CCC3)nn(-c3ccccc3)c2n1. The van der Waals surface area contributed by atoms with Crippen molar-refractivity contribution in [3.8, 4) is 16.8 Å². The van der Waals surface area contributed by atoms with Gasteiger partial charge in [-0.05, 0) is 73.4 Å². The van der Waals surface area contributed by atoms with E-state index in [2.05, 4.69) is 34.5 Å². The van der Waals surface area contributed by atoms with Crippen LogP contribution in [0, 0.1) is 5.92 Å². The molecule has 1 atom stereocenters. The molecule has 2 aliphatic rings. The zero-order valence-corrected chi connectivity index (χ0v) is 23.3. The van der Waals surface area contributed by atoms with Gasteiger partial charge in [-0.1, -0.05) is 31.5 Å². The van der Waals surface area contributed by atoms with Crippen LogP contribution in [-0.4, -0.2) is 55.1 Å². The first-order valence-electron chi connectivity index (χ1n) is 13.6. The molecular weight excluding hydrogens is 508 g/mol. The number of pyridine rings is 2. The van der Waals surface area contributed by atoms with E-state index >= 15 is 0 Å². The molecule has 8 nitrogen and oxygen atoms in total. The Hall–Kier alpha value is -3.72. The molecule has 0 bridgehead atoms. The van der Waals surface area contributed by atoms with Crippen molar-refractivity contribution >= 4 is 38.3 Å². The standard InChI is InChI=1S/C30H34N6O2S/c1-20-14-16-35(17-15-20)26-13-12-22(19-31-26)24-18-25(30(37)34-39(2,3)38)32-29-27(24)28(21-8-7-9-21)33-36(29)23-10-5-4-6-11-23/h4-6,10-13,18-21H,2,7-9,14-17H2,1,3H3,(H,34,37,38). The molecule has 1 unspecified atom stereocenters. The Morgan fingerprint density at radius 1 is 1.08 bits per heavy atom. The minimum absolute atomic E-state index is 0.169. The van der Waals surface area contributed by atoms with Crippen LogP contribution in [0.5, 0.6) is 0 Å². The van der Waals surface area contributed by atoms with Gasteiger partial charge in [0.25, 0.3) is 5.91 Å². The molecule has 1 aliphatic carbocycles. The summed E-state index contributed by atoms with van der Waals surface area (Å²) in [4.78, 5) is 25.2. The number of anilines is 1. The Morgan fingerprint density at radius 2 is 1.82 bits per heavy atom. The molecule has 1 saturated carbocycles. The van der Waals surface area contributed by atoms with Gasteiger partial charge >= 0.3 is 0 Å². The average Bonchev–Trinajstić information content (AvgIpc) is 3.26. The maximum atomic E-state index is 13.2. The summed E-state index contributed by atoms with van der Waals surface area (Å²) in [5, 5.41) is 6.00. The summed E-state index contributed by atoms with van der Waals surface area (Å²) >= 11 is 0. The van der Waals surface area contributed by atoms with Crippen molar-refractivity contribution in [3.05, 3.63) is 66.1 Å². The van der Waals surface area contributed by atoms with Crippen molar-refractivity contribution in [1.29, 1.82) is 0 Å². The van der Waals surface area contributed by atoms with Gasteiger partial charge in [0.15, 0.2) is 5.65 Å². The molecule has 1 N–H and O–H groups in total. The summed E-state index contributed by atoms with van der Waals surface area (Å²) in [6.45, 7) is 4.32. The highest BCUT2D eigenvalue weighted by atomic mass is 32.2. The van der Waals surface area contributed by atoms with Crippen molar-refractivity contribution in [3.63, 3.8) is 0 Å². The average molecular weight is 543 g/mol. The molecule has 0 radical (unpaired) electrons. The van der Waals surface area contributed by atoms with Gasteiger partial charge in [0.05, 0.1) is 16.8 Å². The molecule has 202 valence electrons. The van der Waals surface area contributed by atoms with Crippen molar-refractivity contribution in [2.75, 3.05) is 24.2 Å². The smallest absolute Gasteiger partial charge is 0.281 e. The minimum Gasteiger partial charge on any atom is -0.357 e. The highest BCUT2D eigenvalue weighted by Crippen LogP contribution is 2.42. The van der Waals surface area contributed by atoms with E-state index in [9.17, 15) is 9.00 Å². The number of aromatic nitrogens is 4. The molecule has 3 aromatic heterocycles. The van der Waals surface area contributed by atoms with E-state index in [1.165, 1.54) is 25.5 Å². The molecule has 1 amide bonds. The number of para-hydroxylation sites is 1. The zero-order chi connectivity index (χ0) is 27.1. The van der Waals surface area contributed by atoms with Crippen molar-refractivity contribution in [2.45, 2.75) is 44.9 Å². The second-order valence-electron chi connectivity index (χ2n) is 11.0. The van der Waals surface area contributed by atoms with Crippen LogP contribution in [0.1, 0.15) is 61.1 Å². The molecule has 4 heterocycles. The number of fused-ring (bicyclic) bond motifs is 1. The molecule has 4 aromatic rings. The number of hydrogen-bond donors (Lipinski definition) is 1. The molecule has 1 aromatic carbocycles. The minimum atomic E-state index is -2.77. The second-order valence-corrected chi connectivity index (χ2v) is 13.2. The number of rotatable bonds is 6. The number of nitrogens with one attached hydrogen (secondary N) is 1. The number of piperidine rings is 1. The van der Waals surface area contributed by atoms with Gasteiger partial charge < -0.3 is 4.90 Å². The lowest BCUT2D eigenvalue weighted by molar-refractivity contribution is 0.0978. The molecule has 9 heteroatoms. The summed E-state index contributed by atoms with van der Waals surface area (Å²) in [5.41, 5.74) is 4.39. The predicted octanol–water partition coefficient (Wildman–Crippen LogP) is 4.98. The zero-order valence-electron chi connectivity index (χ0n) is 22.5. The third-order valence-corrected chi connectivity index (χ3v) is 8.48. The fourth-order valence-corrected chi connectivity index (χ4v) is 5.92. The van der Waals surface area contributed by atoms with Crippen molar-refractivity contribution in [2.24, 2.45) is 5.92 Å². The van der Waals surface area contributed by atoms with E-state index in [4.69, 9.17) is 15.1 Å². The molecule has 1 aliphatic heterocycles. The molecular formula is C30H34N6O2S. The number of amides is 1. The van der Waals surface area contributed by atoms with Crippen molar-refractivity contribution in [1.82, 2.24) is 24.5 Å². The van der Waals surface area contributed by atoms with E-state index < -0.39 is 15.6 Å². The normalized spacial score (nSPS) is 18.1. The summed E-state index contributed by atoms with van der Waals surface area (Å²) in [6.07, 6.45) is 8.95. The summed E-state index contributed by atoms with van der Waals surface area (Å²) < 4.78 is 16.7. The maximum Gasteiger partial charge on any atom is 0.281 e. The van der Waals surface area contributed by atoms with Crippen LogP contribution in [0.15, 0.2) is 54.7 Å². The van der Waals surface area contributed by atoms with Crippen LogP contribution in [0.3, 0.4) is 0 Å². The molecule has 39 heavy (non-hydrogen) atoms. The van der Waals surface area contributed by atoms with E-state index in [1.807, 2.05) is 41.2 Å². The van der Waals surface area contributed by atoms with Crippen molar-refractivity contribution < 1.29 is 9.00 Å². The van der Waals surface area contributed by atoms with Crippen LogP contribution < -0.4 is 9.62 Å². The first-order chi connectivity index (χ1) is 18.8. The number of carbonyl (C=O) groups excluding carboxylic acids is 1. The van der Waals surface area contributed by atoms with Crippen LogP contribution >= 0.6 is 0 Å². The van der Waals surface area contributed by atoms with E-state index in [0.29, 0.717) is 11.6 Å². The van der Waals surface area contributed by atoms with Crippen LogP contribution in [0.4, 0.5) is 5.82 Å². The Labute approximate surface area is 229 Å². The van der Waals surface area contributed by atoms with E-state index in [0.717, 1.165) is 65.6 Å². The van der Waals surface area contributed by atoms with E-state index in [1.54, 1.807) is 6.07 Å². The van der Waals surface area contributed by atoms with Gasteiger partial charge in [-0.25, -0.2) is 18.9 Å². The Bertz CT molecular complexity index is 1620. The topological polar surface area (TPSA) is 93.0 Å². The highest BCUT2D eigenvalue weighted by Gasteiger charge is 2.29. The lowest BCUT2D eigenvalue weighted by Gasteiger charge is -2.31. The van der Waals surface area contributed by atoms with Crippen LogP contribution in [0.2, 0.25) is 0 Å². The van der Waals surface area contributed by atoms with Gasteiger partial charge in [0.1, 0.15) is 11.5 Å². The summed E-state index contributed by atoms with van der Waals surface area (Å²) in [6, 6.07) is 15.8. The Balaban J connectivity index is 1.52. The maximum absolute atomic E-state index is 13.2. The number of benzene rings is 1. The number of carbonyl (C=O) groups is 1. The molecule has 1 saturated heterocycles. The Kier molecular flexibility index (Phi) is 6.62. The third-order valence-electron chi connectivity index (χ3n) is 7.87. The lowest BCUT2D eigenvalue weighted by atomic mass is 9.81. The highest BCUT2D eigenvalue weighted by molar-refractivity contribution is 7.98. The largest absolute Gasteiger partial charge is 0.357 e. The van der Waals surface area contributed by atoms with Gasteiger partial charge in [-0.3, -0.25) is 9.52 Å². The third kappa shape index (κ3) is 5.15. The summed E-state index contributed by atoms with van der Waals surface area (Å²) in [5.74, 6) is 5.11. The fourth-order valence-electron chi connectivity index (χ4n) is 5.42. The molecule has 6 rings (SSSR count). The Morgan fingerprint density at radius 3 is 2.44 bits per heavy atom. The molecule has 0 spiro atoms. The van der Waals surface area contributed by atoms with Gasteiger partial charge in [0, 0.05) is 46.7 Å². The lowest BCUT2D eigenvalue weighted by Crippen LogP contribution is -2.33. The number of hydrogen-bond acceptors (Lipinski definition) is 6. The first kappa shape index (κ1) is 25.6. The predicted molar refractivity (Wildman–Crippen MR) is 158 cm³/mol. The van der Waals surface area contributed by atoms with Gasteiger partial charge in [-0.15, -0.1) is 0 Å².